The Balaban J connectivity index is 2.11. The molecule has 0 aliphatic heterocycles. The number of anilines is 2. The van der Waals surface area contributed by atoms with E-state index < -0.39 is 11.9 Å². The first-order chi connectivity index (χ1) is 12.0. The summed E-state index contributed by atoms with van der Waals surface area (Å²) in [7, 11) is 0. The summed E-state index contributed by atoms with van der Waals surface area (Å²) < 4.78 is 4.99. The number of benzene rings is 1. The van der Waals surface area contributed by atoms with Gasteiger partial charge in [-0.25, -0.2) is 4.79 Å². The highest BCUT2D eigenvalue weighted by Gasteiger charge is 2.16. The molecule has 1 unspecified atom stereocenters. The molecule has 1 heterocycles. The highest BCUT2D eigenvalue weighted by atomic mass is 16.5. The first-order valence-electron chi connectivity index (χ1n) is 8.22. The third-order valence-corrected chi connectivity index (χ3v) is 3.57. The van der Waals surface area contributed by atoms with Gasteiger partial charge in [-0.2, -0.15) is 0 Å². The fourth-order valence-electron chi connectivity index (χ4n) is 2.05. The van der Waals surface area contributed by atoms with Crippen molar-refractivity contribution in [3.63, 3.8) is 0 Å². The van der Waals surface area contributed by atoms with Gasteiger partial charge in [-0.3, -0.25) is 4.79 Å². The van der Waals surface area contributed by atoms with Gasteiger partial charge in [-0.1, -0.05) is 19.1 Å². The summed E-state index contributed by atoms with van der Waals surface area (Å²) >= 11 is 0. The molecule has 7 nitrogen and oxygen atoms in total. The van der Waals surface area contributed by atoms with E-state index in [4.69, 9.17) is 4.74 Å². The smallest absolute Gasteiger partial charge is 0.340 e. The molecule has 2 aromatic rings. The van der Waals surface area contributed by atoms with Gasteiger partial charge in [0, 0.05) is 6.04 Å². The van der Waals surface area contributed by atoms with Gasteiger partial charge in [0.2, 0.25) is 0 Å². The van der Waals surface area contributed by atoms with E-state index in [2.05, 4.69) is 27.8 Å². The van der Waals surface area contributed by atoms with Gasteiger partial charge < -0.3 is 15.4 Å². The van der Waals surface area contributed by atoms with Crippen molar-refractivity contribution in [1.82, 2.24) is 10.2 Å². The van der Waals surface area contributed by atoms with Gasteiger partial charge in [0.1, 0.15) is 5.82 Å². The Morgan fingerprint density at radius 2 is 1.88 bits per heavy atom. The van der Waals surface area contributed by atoms with Gasteiger partial charge in [-0.15, -0.1) is 10.2 Å². The third-order valence-electron chi connectivity index (χ3n) is 3.57. The monoisotopic (exact) mass is 342 g/mol. The lowest BCUT2D eigenvalue weighted by molar-refractivity contribution is 0.0527. The molecule has 0 spiro atoms. The van der Waals surface area contributed by atoms with Crippen LogP contribution in [0.25, 0.3) is 0 Å². The molecule has 0 fully saturated rings. The van der Waals surface area contributed by atoms with Crippen molar-refractivity contribution in [3.8, 4) is 0 Å². The summed E-state index contributed by atoms with van der Waals surface area (Å²) in [6.45, 7) is 6.09. The molecule has 2 rings (SSSR count). The minimum absolute atomic E-state index is 0.161. The number of aromatic nitrogens is 2. The summed E-state index contributed by atoms with van der Waals surface area (Å²) in [5.41, 5.74) is 0.823. The van der Waals surface area contributed by atoms with Gasteiger partial charge in [0.15, 0.2) is 5.69 Å². The number of carbonyl (C=O) groups is 2. The molecule has 1 amide bonds. The van der Waals surface area contributed by atoms with Crippen LogP contribution in [-0.2, 0) is 4.74 Å². The van der Waals surface area contributed by atoms with Gasteiger partial charge >= 0.3 is 5.97 Å². The maximum atomic E-state index is 12.4. The zero-order valence-corrected chi connectivity index (χ0v) is 14.6. The SMILES string of the molecule is CCOC(=O)c1ccccc1NC(=O)c1ccc(NC(C)CC)nn1. The Morgan fingerprint density at radius 1 is 1.12 bits per heavy atom. The maximum Gasteiger partial charge on any atom is 0.340 e. The summed E-state index contributed by atoms with van der Waals surface area (Å²) in [5.74, 6) is -0.324. The van der Waals surface area contributed by atoms with Crippen LogP contribution in [0.5, 0.6) is 0 Å². The number of esters is 1. The van der Waals surface area contributed by atoms with E-state index in [-0.39, 0.29) is 18.3 Å². The van der Waals surface area contributed by atoms with Crippen LogP contribution in [0.4, 0.5) is 11.5 Å². The molecule has 1 atom stereocenters. The van der Waals surface area contributed by atoms with Crippen molar-refractivity contribution in [2.75, 3.05) is 17.2 Å². The van der Waals surface area contributed by atoms with Crippen LogP contribution < -0.4 is 10.6 Å². The molecule has 7 heteroatoms. The van der Waals surface area contributed by atoms with Crippen molar-refractivity contribution in [1.29, 1.82) is 0 Å². The van der Waals surface area contributed by atoms with E-state index in [0.29, 0.717) is 17.1 Å². The summed E-state index contributed by atoms with van der Waals surface area (Å²) in [6, 6.07) is 10.2. The van der Waals surface area contributed by atoms with Crippen LogP contribution in [0, 0.1) is 0 Å². The number of hydrogen-bond donors (Lipinski definition) is 2. The lowest BCUT2D eigenvalue weighted by Gasteiger charge is -2.12. The first-order valence-corrected chi connectivity index (χ1v) is 8.22. The Bertz CT molecular complexity index is 731. The number of para-hydroxylation sites is 1. The molecule has 0 saturated carbocycles. The Kier molecular flexibility index (Phi) is 6.45. The zero-order chi connectivity index (χ0) is 18.2. The lowest BCUT2D eigenvalue weighted by Crippen LogP contribution is -2.19. The average molecular weight is 342 g/mol. The van der Waals surface area contributed by atoms with E-state index in [1.165, 1.54) is 0 Å². The third kappa shape index (κ3) is 5.00. The standard InChI is InChI=1S/C18H22N4O3/c1-4-12(3)19-16-11-10-15(21-22-16)17(23)20-14-9-7-6-8-13(14)18(24)25-5-2/h6-12H,4-5H2,1-3H3,(H,19,22)(H,20,23). The van der Waals surface area contributed by atoms with E-state index in [1.807, 2.05) is 6.92 Å². The number of ether oxygens (including phenoxy) is 1. The fourth-order valence-corrected chi connectivity index (χ4v) is 2.05. The second kappa shape index (κ2) is 8.77. The minimum atomic E-state index is -0.488. The largest absolute Gasteiger partial charge is 0.462 e. The number of carbonyl (C=O) groups excluding carboxylic acids is 2. The van der Waals surface area contributed by atoms with Gasteiger partial charge in [0.05, 0.1) is 17.9 Å². The van der Waals surface area contributed by atoms with Crippen LogP contribution in [0.2, 0.25) is 0 Å². The van der Waals surface area contributed by atoms with Crippen molar-refractivity contribution in [2.24, 2.45) is 0 Å². The minimum Gasteiger partial charge on any atom is -0.462 e. The van der Waals surface area contributed by atoms with Crippen molar-refractivity contribution < 1.29 is 14.3 Å². The number of nitrogens with zero attached hydrogens (tertiary/aromatic N) is 2. The number of rotatable bonds is 7. The predicted octanol–water partition coefficient (Wildman–Crippen LogP) is 3.12. The lowest BCUT2D eigenvalue weighted by atomic mass is 10.1. The van der Waals surface area contributed by atoms with Crippen LogP contribution in [-0.4, -0.2) is 34.7 Å². The number of amides is 1. The molecule has 0 aliphatic rings. The van der Waals surface area contributed by atoms with Crippen LogP contribution in [0.3, 0.4) is 0 Å². The fraction of sp³-hybridized carbons (Fsp3) is 0.333. The molecule has 0 aliphatic carbocycles. The highest BCUT2D eigenvalue weighted by molar-refractivity contribution is 6.07. The molecular formula is C18H22N4O3. The van der Waals surface area contributed by atoms with Crippen LogP contribution >= 0.6 is 0 Å². The molecular weight excluding hydrogens is 320 g/mol. The molecule has 2 N–H and O–H groups in total. The molecule has 0 radical (unpaired) electrons. The van der Waals surface area contributed by atoms with Gasteiger partial charge in [0.25, 0.3) is 5.91 Å². The zero-order valence-electron chi connectivity index (χ0n) is 14.6. The number of nitrogens with one attached hydrogen (secondary N) is 2. The van der Waals surface area contributed by atoms with Gasteiger partial charge in [-0.05, 0) is 44.5 Å². The van der Waals surface area contributed by atoms with E-state index in [1.54, 1.807) is 43.3 Å². The number of hydrogen-bond acceptors (Lipinski definition) is 6. The summed E-state index contributed by atoms with van der Waals surface area (Å²) in [4.78, 5) is 24.3. The molecule has 0 saturated heterocycles. The Hall–Kier alpha value is -2.96. The van der Waals surface area contributed by atoms with E-state index >= 15 is 0 Å². The Labute approximate surface area is 146 Å². The summed E-state index contributed by atoms with van der Waals surface area (Å²) in [5, 5.41) is 13.8. The second-order valence-electron chi connectivity index (χ2n) is 5.48. The summed E-state index contributed by atoms with van der Waals surface area (Å²) in [6.07, 6.45) is 0.953. The molecule has 0 bridgehead atoms. The first kappa shape index (κ1) is 18.4. The van der Waals surface area contributed by atoms with Crippen molar-refractivity contribution in [2.45, 2.75) is 33.2 Å². The predicted molar refractivity (Wildman–Crippen MR) is 95.8 cm³/mol. The molecule has 25 heavy (non-hydrogen) atoms. The van der Waals surface area contributed by atoms with E-state index in [9.17, 15) is 9.59 Å². The van der Waals surface area contributed by atoms with E-state index in [0.717, 1.165) is 6.42 Å². The molecule has 1 aromatic heterocycles. The van der Waals surface area contributed by atoms with Crippen molar-refractivity contribution >= 4 is 23.4 Å². The highest BCUT2D eigenvalue weighted by Crippen LogP contribution is 2.17. The van der Waals surface area contributed by atoms with Crippen LogP contribution in [0.1, 0.15) is 48.0 Å². The second-order valence-corrected chi connectivity index (χ2v) is 5.48. The quantitative estimate of drug-likeness (QED) is 0.751. The molecule has 132 valence electrons. The molecule has 1 aromatic carbocycles. The van der Waals surface area contributed by atoms with Crippen LogP contribution in [0.15, 0.2) is 36.4 Å². The van der Waals surface area contributed by atoms with Crippen molar-refractivity contribution in [3.05, 3.63) is 47.7 Å². The average Bonchev–Trinajstić information content (AvgIpc) is 2.62. The maximum absolute atomic E-state index is 12.4. The Morgan fingerprint density at radius 3 is 2.52 bits per heavy atom. The normalized spacial score (nSPS) is 11.5. The topological polar surface area (TPSA) is 93.2 Å².